The van der Waals surface area contributed by atoms with E-state index in [0.717, 1.165) is 12.8 Å². The molecule has 0 spiro atoms. The Balaban J connectivity index is 1.97. The van der Waals surface area contributed by atoms with Gasteiger partial charge in [0.05, 0.1) is 6.20 Å². The summed E-state index contributed by atoms with van der Waals surface area (Å²) < 4.78 is 1.24. The zero-order valence-electron chi connectivity index (χ0n) is 8.83. The van der Waals surface area contributed by atoms with Crippen LogP contribution in [0.2, 0.25) is 0 Å². The third kappa shape index (κ3) is 2.18. The van der Waals surface area contributed by atoms with E-state index in [1.807, 2.05) is 0 Å². The molecule has 1 fully saturated rings. The summed E-state index contributed by atoms with van der Waals surface area (Å²) >= 11 is 0. The molecular formula is C9H12N4O3. The van der Waals surface area contributed by atoms with Gasteiger partial charge >= 0.3 is 5.97 Å². The van der Waals surface area contributed by atoms with Crippen LogP contribution >= 0.6 is 0 Å². The molecule has 0 saturated heterocycles. The normalized spacial score (nSPS) is 14.8. The molecule has 2 rings (SSSR count). The highest BCUT2D eigenvalue weighted by atomic mass is 16.4. The van der Waals surface area contributed by atoms with E-state index >= 15 is 0 Å². The van der Waals surface area contributed by atoms with Crippen molar-refractivity contribution in [3.05, 3.63) is 11.9 Å². The minimum atomic E-state index is -1.14. The zero-order valence-corrected chi connectivity index (χ0v) is 8.83. The summed E-state index contributed by atoms with van der Waals surface area (Å²) in [6, 6.07) is 0.343. The second kappa shape index (κ2) is 3.92. The van der Waals surface area contributed by atoms with Gasteiger partial charge in [0, 0.05) is 13.1 Å². The summed E-state index contributed by atoms with van der Waals surface area (Å²) in [6.45, 7) is 0.0350. The predicted octanol–water partition coefficient (Wildman–Crippen LogP) is -0.403. The number of nitrogens with zero attached hydrogens (tertiary/aromatic N) is 4. The first-order chi connectivity index (χ1) is 7.58. The summed E-state index contributed by atoms with van der Waals surface area (Å²) in [5.41, 5.74) is -0.151. The van der Waals surface area contributed by atoms with Crippen LogP contribution in [0.4, 0.5) is 0 Å². The van der Waals surface area contributed by atoms with Gasteiger partial charge in [-0.2, -0.15) is 0 Å². The van der Waals surface area contributed by atoms with Crippen LogP contribution in [0.5, 0.6) is 0 Å². The van der Waals surface area contributed by atoms with Gasteiger partial charge in [-0.3, -0.25) is 4.79 Å². The Bertz CT molecular complexity index is 424. The van der Waals surface area contributed by atoms with Crippen molar-refractivity contribution in [3.63, 3.8) is 0 Å². The average Bonchev–Trinajstić information content (AvgIpc) is 2.97. The van der Waals surface area contributed by atoms with Crippen molar-refractivity contribution in [2.45, 2.75) is 25.4 Å². The highest BCUT2D eigenvalue weighted by Gasteiger charge is 2.29. The van der Waals surface area contributed by atoms with Crippen LogP contribution < -0.4 is 0 Å². The van der Waals surface area contributed by atoms with Crippen LogP contribution in [-0.2, 0) is 11.3 Å². The lowest BCUT2D eigenvalue weighted by Crippen LogP contribution is -2.32. The van der Waals surface area contributed by atoms with E-state index in [0.29, 0.717) is 6.04 Å². The molecule has 86 valence electrons. The number of rotatable bonds is 4. The van der Waals surface area contributed by atoms with Crippen LogP contribution in [0.3, 0.4) is 0 Å². The molecule has 1 heterocycles. The number of carboxylic acids is 1. The predicted molar refractivity (Wildman–Crippen MR) is 52.8 cm³/mol. The number of aromatic carboxylic acids is 1. The van der Waals surface area contributed by atoms with E-state index in [2.05, 4.69) is 10.3 Å². The van der Waals surface area contributed by atoms with Crippen molar-refractivity contribution in [3.8, 4) is 0 Å². The molecule has 1 saturated carbocycles. The van der Waals surface area contributed by atoms with Crippen molar-refractivity contribution in [2.24, 2.45) is 0 Å². The van der Waals surface area contributed by atoms with Gasteiger partial charge in [0.1, 0.15) is 6.54 Å². The van der Waals surface area contributed by atoms with E-state index in [4.69, 9.17) is 5.11 Å². The maximum atomic E-state index is 11.7. The molecule has 0 aromatic carbocycles. The first kappa shape index (κ1) is 10.6. The first-order valence-electron chi connectivity index (χ1n) is 4.97. The molecule has 0 aliphatic heterocycles. The fourth-order valence-electron chi connectivity index (χ4n) is 1.39. The van der Waals surface area contributed by atoms with Crippen LogP contribution in [0.1, 0.15) is 23.3 Å². The number of likely N-dealkylation sites (N-methyl/N-ethyl adjacent to an activating group) is 1. The summed E-state index contributed by atoms with van der Waals surface area (Å²) in [5.74, 6) is -1.22. The van der Waals surface area contributed by atoms with Crippen LogP contribution in [0.25, 0.3) is 0 Å². The second-order valence-corrected chi connectivity index (χ2v) is 3.84. The molecule has 1 amide bonds. The molecule has 1 aromatic heterocycles. The Labute approximate surface area is 91.7 Å². The third-order valence-corrected chi connectivity index (χ3v) is 2.54. The highest BCUT2D eigenvalue weighted by Crippen LogP contribution is 2.25. The van der Waals surface area contributed by atoms with Gasteiger partial charge in [-0.15, -0.1) is 5.10 Å². The van der Waals surface area contributed by atoms with Gasteiger partial charge in [0.2, 0.25) is 5.91 Å². The van der Waals surface area contributed by atoms with Gasteiger partial charge < -0.3 is 10.0 Å². The molecule has 1 aromatic rings. The molecule has 1 N–H and O–H groups in total. The van der Waals surface area contributed by atoms with Crippen LogP contribution in [0.15, 0.2) is 6.20 Å². The monoisotopic (exact) mass is 224 g/mol. The fraction of sp³-hybridized carbons (Fsp3) is 0.556. The molecular weight excluding hydrogens is 212 g/mol. The summed E-state index contributed by atoms with van der Waals surface area (Å²) in [6.07, 6.45) is 3.33. The third-order valence-electron chi connectivity index (χ3n) is 2.54. The first-order valence-corrected chi connectivity index (χ1v) is 4.97. The van der Waals surface area contributed by atoms with Crippen molar-refractivity contribution in [1.82, 2.24) is 19.9 Å². The summed E-state index contributed by atoms with van der Waals surface area (Å²) in [4.78, 5) is 23.9. The van der Waals surface area contributed by atoms with Crippen molar-refractivity contribution in [2.75, 3.05) is 7.05 Å². The lowest BCUT2D eigenvalue weighted by Gasteiger charge is -2.15. The Morgan fingerprint density at radius 1 is 1.62 bits per heavy atom. The van der Waals surface area contributed by atoms with Gasteiger partial charge in [0.25, 0.3) is 0 Å². The van der Waals surface area contributed by atoms with E-state index in [1.165, 1.54) is 10.9 Å². The van der Waals surface area contributed by atoms with Gasteiger partial charge in [-0.05, 0) is 12.8 Å². The Kier molecular flexibility index (Phi) is 2.59. The highest BCUT2D eigenvalue weighted by molar-refractivity contribution is 5.84. The maximum Gasteiger partial charge on any atom is 0.358 e. The number of carbonyl (C=O) groups excluding carboxylic acids is 1. The molecule has 0 radical (unpaired) electrons. The smallest absolute Gasteiger partial charge is 0.358 e. The van der Waals surface area contributed by atoms with Crippen molar-refractivity contribution < 1.29 is 14.7 Å². The lowest BCUT2D eigenvalue weighted by atomic mass is 10.4. The largest absolute Gasteiger partial charge is 0.476 e. The minimum absolute atomic E-state index is 0.0350. The zero-order chi connectivity index (χ0) is 11.7. The van der Waals surface area contributed by atoms with E-state index in [9.17, 15) is 9.59 Å². The minimum Gasteiger partial charge on any atom is -0.476 e. The number of amides is 1. The molecule has 0 bridgehead atoms. The van der Waals surface area contributed by atoms with Crippen LogP contribution in [0, 0.1) is 0 Å². The average molecular weight is 224 g/mol. The van der Waals surface area contributed by atoms with Crippen LogP contribution in [-0.4, -0.2) is 50.0 Å². The van der Waals surface area contributed by atoms with Crippen molar-refractivity contribution in [1.29, 1.82) is 0 Å². The fourth-order valence-corrected chi connectivity index (χ4v) is 1.39. The molecule has 16 heavy (non-hydrogen) atoms. The Hall–Kier alpha value is -1.92. The molecule has 7 nitrogen and oxygen atoms in total. The summed E-state index contributed by atoms with van der Waals surface area (Å²) in [5, 5.41) is 15.6. The molecule has 1 aliphatic rings. The molecule has 0 atom stereocenters. The van der Waals surface area contributed by atoms with E-state index in [-0.39, 0.29) is 18.1 Å². The standard InChI is InChI=1S/C9H12N4O3/c1-12(6-2-3-6)8(14)5-13-4-7(9(15)16)10-11-13/h4,6H,2-3,5H2,1H3,(H,15,16). The lowest BCUT2D eigenvalue weighted by molar-refractivity contribution is -0.131. The van der Waals surface area contributed by atoms with E-state index in [1.54, 1.807) is 11.9 Å². The van der Waals surface area contributed by atoms with Crippen molar-refractivity contribution >= 4 is 11.9 Å². The van der Waals surface area contributed by atoms with Gasteiger partial charge in [0.15, 0.2) is 5.69 Å². The topological polar surface area (TPSA) is 88.3 Å². The number of carboxylic acid groups (broad SMARTS) is 1. The Morgan fingerprint density at radius 2 is 2.31 bits per heavy atom. The summed E-state index contributed by atoms with van der Waals surface area (Å²) in [7, 11) is 1.75. The van der Waals surface area contributed by atoms with E-state index < -0.39 is 5.97 Å². The quantitative estimate of drug-likeness (QED) is 0.751. The number of hydrogen-bond acceptors (Lipinski definition) is 4. The molecule has 7 heteroatoms. The maximum absolute atomic E-state index is 11.7. The van der Waals surface area contributed by atoms with Gasteiger partial charge in [-0.25, -0.2) is 9.48 Å². The SMILES string of the molecule is CN(C(=O)Cn1cc(C(=O)O)nn1)C1CC1. The second-order valence-electron chi connectivity index (χ2n) is 3.84. The molecule has 1 aliphatic carbocycles. The Morgan fingerprint density at radius 3 is 2.81 bits per heavy atom. The molecule has 0 unspecified atom stereocenters. The number of carbonyl (C=O) groups is 2. The number of hydrogen-bond donors (Lipinski definition) is 1. The number of aromatic nitrogens is 3. The van der Waals surface area contributed by atoms with Gasteiger partial charge in [-0.1, -0.05) is 5.21 Å².